The first-order chi connectivity index (χ1) is 26.1. The molecule has 3 aromatic heterocycles. The van der Waals surface area contributed by atoms with E-state index in [9.17, 15) is 0 Å². The number of para-hydroxylation sites is 3. The summed E-state index contributed by atoms with van der Waals surface area (Å²) in [5.74, 6) is 0.698. The highest BCUT2D eigenvalue weighted by atomic mass is 15.1. The van der Waals surface area contributed by atoms with Crippen LogP contribution in [0.15, 0.2) is 219 Å². The lowest BCUT2D eigenvalue weighted by molar-refractivity contribution is 0.902. The van der Waals surface area contributed by atoms with E-state index < -0.39 is 0 Å². The third-order valence-electron chi connectivity index (χ3n) is 9.52. The smallest absolute Gasteiger partial charge is 0.138 e. The topological polar surface area (TPSA) is 27.1 Å². The maximum absolute atomic E-state index is 5.21. The van der Waals surface area contributed by atoms with Gasteiger partial charge in [-0.15, -0.1) is 0 Å². The van der Waals surface area contributed by atoms with Crippen molar-refractivity contribution in [1.29, 1.82) is 0 Å². The molecule has 4 nitrogen and oxygen atoms in total. The first kappa shape index (κ1) is 34.5. The predicted octanol–water partition coefficient (Wildman–Crippen LogP) is 12.9. The summed E-state index contributed by atoms with van der Waals surface area (Å²) in [6.07, 6.45) is 23.2. The minimum Gasteiger partial charge on any atom is -0.335 e. The lowest BCUT2D eigenvalue weighted by Gasteiger charge is -2.12. The number of benzene rings is 4. The predicted molar refractivity (Wildman–Crippen MR) is 231 cm³/mol. The van der Waals surface area contributed by atoms with E-state index in [-0.39, 0.29) is 0 Å². The zero-order chi connectivity index (χ0) is 36.9. The van der Waals surface area contributed by atoms with Crippen molar-refractivity contribution in [2.45, 2.75) is 13.5 Å². The number of aliphatic imine (C=N–C) groups is 1. The van der Waals surface area contributed by atoms with Crippen molar-refractivity contribution in [3.63, 3.8) is 0 Å². The summed E-state index contributed by atoms with van der Waals surface area (Å²) in [5, 5.41) is 4.60. The van der Waals surface area contributed by atoms with E-state index in [1.165, 1.54) is 10.9 Å². The van der Waals surface area contributed by atoms with Gasteiger partial charge in [-0.05, 0) is 72.7 Å². The molecule has 0 atom stereocenters. The van der Waals surface area contributed by atoms with Gasteiger partial charge in [-0.3, -0.25) is 4.57 Å². The van der Waals surface area contributed by atoms with Gasteiger partial charge in [0.25, 0.3) is 0 Å². The molecule has 0 N–H and O–H groups in total. The van der Waals surface area contributed by atoms with E-state index >= 15 is 0 Å². The van der Waals surface area contributed by atoms with Crippen LogP contribution in [0.5, 0.6) is 0 Å². The average molecular weight is 687 g/mol. The zero-order valence-corrected chi connectivity index (χ0v) is 30.1. The summed E-state index contributed by atoms with van der Waals surface area (Å²) in [6.45, 7) is 22.9. The molecule has 0 bridgehead atoms. The first-order valence-corrected chi connectivity index (χ1v) is 17.7. The average Bonchev–Trinajstić information content (AvgIpc) is 3.81. The fourth-order valence-corrected chi connectivity index (χ4v) is 7.28. The summed E-state index contributed by atoms with van der Waals surface area (Å²) < 4.78 is 7.11. The van der Waals surface area contributed by atoms with Crippen LogP contribution in [0.25, 0.3) is 60.3 Å². The maximum atomic E-state index is 5.21. The minimum atomic E-state index is 0.681. The molecule has 258 valence electrons. The molecule has 7 rings (SSSR count). The molecule has 0 saturated heterocycles. The molecular formula is C49H42N4. The van der Waals surface area contributed by atoms with Gasteiger partial charge < -0.3 is 9.13 Å². The molecule has 0 aliphatic carbocycles. The highest BCUT2D eigenvalue weighted by Gasteiger charge is 2.23. The van der Waals surface area contributed by atoms with Crippen LogP contribution in [0, 0.1) is 0 Å². The summed E-state index contributed by atoms with van der Waals surface area (Å²) in [4.78, 5) is 5.21. The Labute approximate surface area is 311 Å². The highest BCUT2D eigenvalue weighted by Crippen LogP contribution is 2.42. The summed E-state index contributed by atoms with van der Waals surface area (Å²) >= 11 is 0. The normalized spacial score (nSPS) is 13.4. The monoisotopic (exact) mass is 686 g/mol. The molecule has 3 heterocycles. The molecule has 4 aromatic carbocycles. The number of fused-ring (bicyclic) bond motifs is 8. The first-order valence-electron chi connectivity index (χ1n) is 17.7. The molecular weight excluding hydrogens is 645 g/mol. The van der Waals surface area contributed by atoms with Crippen molar-refractivity contribution in [3.05, 3.63) is 214 Å². The number of nitrogens with zero attached hydrogens (tertiary/aromatic N) is 4. The van der Waals surface area contributed by atoms with E-state index in [2.05, 4.69) is 162 Å². The zero-order valence-electron chi connectivity index (χ0n) is 30.1. The fourth-order valence-electron chi connectivity index (χ4n) is 7.28. The second-order valence-electron chi connectivity index (χ2n) is 12.6. The Morgan fingerprint density at radius 2 is 1.30 bits per heavy atom. The highest BCUT2D eigenvalue weighted by molar-refractivity contribution is 6.25. The SMILES string of the molecule is C=C/C=C(C=C)/N=C(\C=C(C=C)\C(C=C)=C\C=C)n1c2ccccc2c2cc3c(cc21)c1c(c2ccccc2n1-c1ccccc1)n3C/C=C\C=C/C. The molecule has 4 heteroatoms. The lowest BCUT2D eigenvalue weighted by atomic mass is 10.0. The molecule has 0 radical (unpaired) electrons. The van der Waals surface area contributed by atoms with Crippen LogP contribution >= 0.6 is 0 Å². The van der Waals surface area contributed by atoms with Crippen LogP contribution in [0.4, 0.5) is 0 Å². The van der Waals surface area contributed by atoms with Crippen LogP contribution in [0.3, 0.4) is 0 Å². The largest absolute Gasteiger partial charge is 0.335 e. The van der Waals surface area contributed by atoms with Crippen molar-refractivity contribution in [1.82, 2.24) is 13.7 Å². The van der Waals surface area contributed by atoms with Crippen molar-refractivity contribution in [3.8, 4) is 5.69 Å². The van der Waals surface area contributed by atoms with Crippen molar-refractivity contribution in [2.24, 2.45) is 4.99 Å². The van der Waals surface area contributed by atoms with Gasteiger partial charge in [0, 0.05) is 33.8 Å². The molecule has 0 aliphatic rings. The van der Waals surface area contributed by atoms with Gasteiger partial charge in [-0.25, -0.2) is 4.99 Å². The fraction of sp³-hybridized carbons (Fsp3) is 0.0408. The second kappa shape index (κ2) is 15.1. The van der Waals surface area contributed by atoms with Gasteiger partial charge in [-0.2, -0.15) is 0 Å². The summed E-state index contributed by atoms with van der Waals surface area (Å²) in [6, 6.07) is 32.5. The van der Waals surface area contributed by atoms with Crippen LogP contribution in [0.2, 0.25) is 0 Å². The Bertz CT molecular complexity index is 2780. The third kappa shape index (κ3) is 6.11. The third-order valence-corrected chi connectivity index (χ3v) is 9.52. The molecule has 53 heavy (non-hydrogen) atoms. The molecule has 0 unspecified atom stereocenters. The molecule has 0 aliphatic heterocycles. The molecule has 0 fully saturated rings. The van der Waals surface area contributed by atoms with Gasteiger partial charge in [0.2, 0.25) is 0 Å². The summed E-state index contributed by atoms with van der Waals surface area (Å²) in [7, 11) is 0. The van der Waals surface area contributed by atoms with E-state index in [4.69, 9.17) is 4.99 Å². The Balaban J connectivity index is 1.68. The van der Waals surface area contributed by atoms with Crippen LogP contribution in [-0.4, -0.2) is 19.5 Å². The molecule has 0 spiro atoms. The van der Waals surface area contributed by atoms with E-state index in [0.29, 0.717) is 18.1 Å². The minimum absolute atomic E-state index is 0.681. The van der Waals surface area contributed by atoms with E-state index in [1.54, 1.807) is 18.2 Å². The Hall–Kier alpha value is -6.91. The number of hydrogen-bond acceptors (Lipinski definition) is 1. The quantitative estimate of drug-likeness (QED) is 0.0695. The standard InChI is InChI=1S/C49H42N4/c1-7-13-14-22-31-51-45-33-41-39-27-18-20-29-43(39)53(47(50-37(12-6)24-9-3)32-36(11-5)35(10-4)23-8-2)46(41)34-42(45)49-48(51)40-28-19-21-30-44(40)52(49)38-25-16-15-17-26-38/h7-30,32-34H,2-6,31H2,1H3/b13-7-,22-14-,35-23+,36-32+,37-24+,50-47+. The lowest BCUT2D eigenvalue weighted by Crippen LogP contribution is -2.10. The van der Waals surface area contributed by atoms with Crippen LogP contribution in [0.1, 0.15) is 6.92 Å². The Morgan fingerprint density at radius 1 is 0.623 bits per heavy atom. The van der Waals surface area contributed by atoms with E-state index in [1.807, 2.05) is 37.3 Å². The molecule has 0 amide bonds. The number of rotatable bonds is 12. The molecule has 7 aromatic rings. The second-order valence-corrected chi connectivity index (χ2v) is 12.6. The molecule has 0 saturated carbocycles. The number of allylic oxidation sites excluding steroid dienone is 14. The number of aromatic nitrogens is 3. The van der Waals surface area contributed by atoms with Gasteiger partial charge in [0.15, 0.2) is 0 Å². The van der Waals surface area contributed by atoms with Crippen molar-refractivity contribution < 1.29 is 0 Å². The van der Waals surface area contributed by atoms with Crippen LogP contribution < -0.4 is 0 Å². The Kier molecular flexibility index (Phi) is 9.86. The van der Waals surface area contributed by atoms with Crippen LogP contribution in [-0.2, 0) is 6.54 Å². The van der Waals surface area contributed by atoms with Crippen molar-refractivity contribution >= 4 is 60.5 Å². The van der Waals surface area contributed by atoms with Gasteiger partial charge >= 0.3 is 0 Å². The Morgan fingerprint density at radius 3 is 2.00 bits per heavy atom. The van der Waals surface area contributed by atoms with Crippen molar-refractivity contribution in [2.75, 3.05) is 0 Å². The summed E-state index contributed by atoms with van der Waals surface area (Å²) in [5.41, 5.74) is 10.3. The van der Waals surface area contributed by atoms with Gasteiger partial charge in [0.1, 0.15) is 5.84 Å². The number of hydrogen-bond donors (Lipinski definition) is 0. The van der Waals surface area contributed by atoms with E-state index in [0.717, 1.165) is 60.6 Å². The maximum Gasteiger partial charge on any atom is 0.138 e. The van der Waals surface area contributed by atoms with Gasteiger partial charge in [-0.1, -0.05) is 142 Å². The van der Waals surface area contributed by atoms with Gasteiger partial charge in [0.05, 0.1) is 38.8 Å².